The summed E-state index contributed by atoms with van der Waals surface area (Å²) in [6, 6.07) is -0.416. The highest BCUT2D eigenvalue weighted by molar-refractivity contribution is 5.80. The molecule has 0 aromatic carbocycles. The summed E-state index contributed by atoms with van der Waals surface area (Å²) < 4.78 is 0. The zero-order valence-electron chi connectivity index (χ0n) is 11.9. The van der Waals surface area contributed by atoms with Crippen LogP contribution >= 0.6 is 0 Å². The number of hydrogen-bond donors (Lipinski definition) is 3. The van der Waals surface area contributed by atoms with E-state index in [1.165, 1.54) is 0 Å². The molecule has 3 unspecified atom stereocenters. The highest BCUT2D eigenvalue weighted by Crippen LogP contribution is 2.23. The minimum absolute atomic E-state index is 0.0363. The van der Waals surface area contributed by atoms with Gasteiger partial charge in [0.15, 0.2) is 0 Å². The smallest absolute Gasteiger partial charge is 0.305 e. The third kappa shape index (κ3) is 5.19. The van der Waals surface area contributed by atoms with Crippen molar-refractivity contribution in [3.05, 3.63) is 0 Å². The Morgan fingerprint density at radius 2 is 1.89 bits per heavy atom. The van der Waals surface area contributed by atoms with Crippen molar-refractivity contribution in [3.63, 3.8) is 0 Å². The fraction of sp³-hybridized carbons (Fsp3) is 0.857. The van der Waals surface area contributed by atoms with Crippen molar-refractivity contribution in [2.75, 3.05) is 0 Å². The molecule has 19 heavy (non-hydrogen) atoms. The van der Waals surface area contributed by atoms with Gasteiger partial charge in [-0.15, -0.1) is 0 Å². The second-order valence-corrected chi connectivity index (χ2v) is 5.87. The maximum Gasteiger partial charge on any atom is 0.305 e. The van der Waals surface area contributed by atoms with Crippen LogP contribution in [0.1, 0.15) is 52.4 Å². The topological polar surface area (TPSA) is 92.4 Å². The minimum atomic E-state index is -0.885. The molecule has 1 amide bonds. The summed E-state index contributed by atoms with van der Waals surface area (Å²) in [6.07, 6.45) is 4.88. The van der Waals surface area contributed by atoms with E-state index in [0.29, 0.717) is 0 Å². The van der Waals surface area contributed by atoms with Gasteiger partial charge in [-0.3, -0.25) is 9.59 Å². The first-order valence-corrected chi connectivity index (χ1v) is 7.19. The number of amides is 1. The second-order valence-electron chi connectivity index (χ2n) is 5.87. The van der Waals surface area contributed by atoms with Crippen LogP contribution in [0, 0.1) is 11.8 Å². The lowest BCUT2D eigenvalue weighted by Crippen LogP contribution is -2.47. The van der Waals surface area contributed by atoms with Gasteiger partial charge in [0.1, 0.15) is 0 Å². The fourth-order valence-electron chi connectivity index (χ4n) is 2.59. The van der Waals surface area contributed by atoms with Crippen molar-refractivity contribution in [2.24, 2.45) is 17.6 Å². The van der Waals surface area contributed by atoms with Crippen LogP contribution in [0.3, 0.4) is 0 Å². The van der Waals surface area contributed by atoms with E-state index in [1.807, 2.05) is 13.8 Å². The van der Waals surface area contributed by atoms with Gasteiger partial charge in [-0.2, -0.15) is 0 Å². The molecule has 1 saturated carbocycles. The number of rotatable bonds is 5. The monoisotopic (exact) mass is 270 g/mol. The van der Waals surface area contributed by atoms with Gasteiger partial charge in [0.2, 0.25) is 5.91 Å². The SMILES string of the molecule is CC(C)C(CC(=O)O)NC(=O)C1CCCCCC1N. The predicted molar refractivity (Wildman–Crippen MR) is 73.6 cm³/mol. The molecule has 0 aromatic rings. The summed E-state index contributed by atoms with van der Waals surface area (Å²) >= 11 is 0. The molecule has 1 aliphatic rings. The van der Waals surface area contributed by atoms with E-state index in [0.717, 1.165) is 32.1 Å². The van der Waals surface area contributed by atoms with Gasteiger partial charge in [-0.25, -0.2) is 0 Å². The van der Waals surface area contributed by atoms with E-state index in [4.69, 9.17) is 10.8 Å². The van der Waals surface area contributed by atoms with Gasteiger partial charge in [0, 0.05) is 12.1 Å². The molecule has 0 aliphatic heterocycles. The summed E-state index contributed by atoms with van der Waals surface area (Å²) in [5.74, 6) is -1.03. The number of carboxylic acid groups (broad SMARTS) is 1. The highest BCUT2D eigenvalue weighted by atomic mass is 16.4. The van der Waals surface area contributed by atoms with Crippen LogP contribution in [0.5, 0.6) is 0 Å². The number of carbonyl (C=O) groups is 2. The van der Waals surface area contributed by atoms with Crippen molar-refractivity contribution < 1.29 is 14.7 Å². The Hall–Kier alpha value is -1.10. The Balaban J connectivity index is 2.61. The first-order chi connectivity index (χ1) is 8.91. The molecule has 0 radical (unpaired) electrons. The normalized spacial score (nSPS) is 25.7. The van der Waals surface area contributed by atoms with E-state index in [-0.39, 0.29) is 36.2 Å². The van der Waals surface area contributed by atoms with Gasteiger partial charge < -0.3 is 16.2 Å². The lowest BCUT2D eigenvalue weighted by molar-refractivity contribution is -0.138. The molecular formula is C14H26N2O3. The summed E-state index contributed by atoms with van der Waals surface area (Å²) in [7, 11) is 0. The predicted octanol–water partition coefficient (Wildman–Crippen LogP) is 1.51. The van der Waals surface area contributed by atoms with Gasteiger partial charge in [0.05, 0.1) is 12.3 Å². The first-order valence-electron chi connectivity index (χ1n) is 7.19. The van der Waals surface area contributed by atoms with E-state index < -0.39 is 5.97 Å². The lowest BCUT2D eigenvalue weighted by atomic mass is 9.93. The van der Waals surface area contributed by atoms with Crippen molar-refractivity contribution in [3.8, 4) is 0 Å². The number of hydrogen-bond acceptors (Lipinski definition) is 3. The molecule has 0 bridgehead atoms. The first kappa shape index (κ1) is 16.0. The maximum absolute atomic E-state index is 12.3. The Morgan fingerprint density at radius 3 is 2.47 bits per heavy atom. The van der Waals surface area contributed by atoms with Crippen LogP contribution in [0.2, 0.25) is 0 Å². The summed E-state index contributed by atoms with van der Waals surface area (Å²) in [6.45, 7) is 3.84. The Bertz CT molecular complexity index is 318. The van der Waals surface area contributed by atoms with Gasteiger partial charge in [-0.1, -0.05) is 33.1 Å². The molecular weight excluding hydrogens is 244 g/mol. The van der Waals surface area contributed by atoms with Gasteiger partial charge in [-0.05, 0) is 18.8 Å². The number of nitrogens with one attached hydrogen (secondary N) is 1. The number of aliphatic carboxylic acids is 1. The van der Waals surface area contributed by atoms with Gasteiger partial charge >= 0.3 is 5.97 Å². The summed E-state index contributed by atoms with van der Waals surface area (Å²) in [5, 5.41) is 11.8. The van der Waals surface area contributed by atoms with E-state index in [1.54, 1.807) is 0 Å². The van der Waals surface area contributed by atoms with E-state index in [9.17, 15) is 9.59 Å². The minimum Gasteiger partial charge on any atom is -0.481 e. The summed E-state index contributed by atoms with van der Waals surface area (Å²) in [5.41, 5.74) is 6.06. The van der Waals surface area contributed by atoms with Crippen LogP contribution in [-0.4, -0.2) is 29.1 Å². The number of carboxylic acids is 1. The van der Waals surface area contributed by atoms with E-state index >= 15 is 0 Å². The molecule has 0 saturated heterocycles. The Morgan fingerprint density at radius 1 is 1.26 bits per heavy atom. The maximum atomic E-state index is 12.3. The highest BCUT2D eigenvalue weighted by Gasteiger charge is 2.29. The number of carbonyl (C=O) groups excluding carboxylic acids is 1. The molecule has 4 N–H and O–H groups in total. The van der Waals surface area contributed by atoms with Crippen molar-refractivity contribution >= 4 is 11.9 Å². The molecule has 0 spiro atoms. The zero-order valence-corrected chi connectivity index (χ0v) is 11.9. The molecule has 110 valence electrons. The third-order valence-electron chi connectivity index (χ3n) is 3.93. The average Bonchev–Trinajstić information content (AvgIpc) is 2.52. The largest absolute Gasteiger partial charge is 0.481 e. The quantitative estimate of drug-likeness (QED) is 0.660. The van der Waals surface area contributed by atoms with Crippen LogP contribution in [0.15, 0.2) is 0 Å². The van der Waals surface area contributed by atoms with Crippen LogP contribution < -0.4 is 11.1 Å². The van der Waals surface area contributed by atoms with Crippen LogP contribution in [-0.2, 0) is 9.59 Å². The van der Waals surface area contributed by atoms with E-state index in [2.05, 4.69) is 5.32 Å². The van der Waals surface area contributed by atoms with Crippen molar-refractivity contribution in [1.29, 1.82) is 0 Å². The van der Waals surface area contributed by atoms with Crippen LogP contribution in [0.25, 0.3) is 0 Å². The molecule has 0 heterocycles. The third-order valence-corrected chi connectivity index (χ3v) is 3.93. The standard InChI is InChI=1S/C14H26N2O3/c1-9(2)12(8-13(17)18)16-14(19)10-6-4-3-5-7-11(10)15/h9-12H,3-8,15H2,1-2H3,(H,16,19)(H,17,18). The molecule has 1 rings (SSSR count). The van der Waals surface area contributed by atoms with Gasteiger partial charge in [0.25, 0.3) is 0 Å². The number of nitrogens with two attached hydrogens (primary N) is 1. The fourth-order valence-corrected chi connectivity index (χ4v) is 2.59. The molecule has 3 atom stereocenters. The van der Waals surface area contributed by atoms with Crippen molar-refractivity contribution in [1.82, 2.24) is 5.32 Å². The Labute approximate surface area is 114 Å². The summed E-state index contributed by atoms with van der Waals surface area (Å²) in [4.78, 5) is 23.1. The average molecular weight is 270 g/mol. The molecule has 5 nitrogen and oxygen atoms in total. The molecule has 1 aliphatic carbocycles. The Kier molecular flexibility index (Phi) is 6.28. The second kappa shape index (κ2) is 7.48. The lowest BCUT2D eigenvalue weighted by Gasteiger charge is -2.26. The van der Waals surface area contributed by atoms with Crippen molar-refractivity contribution in [2.45, 2.75) is 64.5 Å². The molecule has 5 heteroatoms. The molecule has 1 fully saturated rings. The molecule has 0 aromatic heterocycles. The zero-order chi connectivity index (χ0) is 14.4. The van der Waals surface area contributed by atoms with Crippen LogP contribution in [0.4, 0.5) is 0 Å².